The third kappa shape index (κ3) is 3.23. The number of rotatable bonds is 1. The van der Waals surface area contributed by atoms with Crippen LogP contribution in [0.3, 0.4) is 0 Å². The number of nitrogens with one attached hydrogen (secondary N) is 1. The van der Waals surface area contributed by atoms with Crippen LogP contribution in [0.25, 0.3) is 10.9 Å². The second-order valence-corrected chi connectivity index (χ2v) is 16.7. The van der Waals surface area contributed by atoms with Crippen LogP contribution in [0.4, 0.5) is 0 Å². The lowest BCUT2D eigenvalue weighted by molar-refractivity contribution is -0.174. The van der Waals surface area contributed by atoms with Gasteiger partial charge in [-0.25, -0.2) is 0 Å². The SMILES string of the molecule is COC(=O)[C@@]1(C)CC[C@]2(C)CC[C@]3(C)C(=CC(=O)[C@@H]4[C@@]5(C)Cc6c([nH]c7ccccc67)C(C)(C)[C@@H]5CC[C@]43C)[C@H]2C1. The smallest absolute Gasteiger partial charge is 0.311 e. The maximum atomic E-state index is 14.8. The number of H-pyrrole nitrogens is 1. The van der Waals surface area contributed by atoms with E-state index in [0.29, 0.717) is 11.7 Å². The van der Waals surface area contributed by atoms with E-state index >= 15 is 0 Å². The highest BCUT2D eigenvalue weighted by molar-refractivity contribution is 5.96. The van der Waals surface area contributed by atoms with E-state index in [1.165, 1.54) is 34.8 Å². The third-order valence-corrected chi connectivity index (χ3v) is 14.4. The number of carbonyl (C=O) groups excluding carboxylic acids is 2. The number of carbonyl (C=O) groups is 2. The van der Waals surface area contributed by atoms with Crippen LogP contribution in [0.1, 0.15) is 105 Å². The van der Waals surface area contributed by atoms with Crippen molar-refractivity contribution in [2.24, 2.45) is 44.8 Å². The van der Waals surface area contributed by atoms with E-state index in [1.54, 1.807) is 0 Å². The highest BCUT2D eigenvalue weighted by atomic mass is 16.5. The van der Waals surface area contributed by atoms with Gasteiger partial charge >= 0.3 is 5.97 Å². The van der Waals surface area contributed by atoms with Gasteiger partial charge in [0, 0.05) is 27.9 Å². The van der Waals surface area contributed by atoms with E-state index in [9.17, 15) is 9.59 Å². The zero-order valence-corrected chi connectivity index (χ0v) is 26.5. The van der Waals surface area contributed by atoms with E-state index < -0.39 is 5.41 Å². The van der Waals surface area contributed by atoms with Crippen molar-refractivity contribution in [2.45, 2.75) is 105 Å². The molecule has 1 aromatic heterocycles. The molecule has 0 radical (unpaired) electrons. The summed E-state index contributed by atoms with van der Waals surface area (Å²) in [5.41, 5.74) is 4.72. The molecule has 5 aliphatic carbocycles. The number of hydrogen-bond acceptors (Lipinski definition) is 3. The number of fused-ring (bicyclic) bond motifs is 10. The Morgan fingerprint density at radius 2 is 1.66 bits per heavy atom. The largest absolute Gasteiger partial charge is 0.469 e. The van der Waals surface area contributed by atoms with Crippen molar-refractivity contribution in [1.29, 1.82) is 0 Å². The molecule has 4 heteroatoms. The van der Waals surface area contributed by atoms with Gasteiger partial charge in [-0.3, -0.25) is 9.59 Å². The van der Waals surface area contributed by atoms with Gasteiger partial charge in [0.05, 0.1) is 12.5 Å². The summed E-state index contributed by atoms with van der Waals surface area (Å²) >= 11 is 0. The van der Waals surface area contributed by atoms with Gasteiger partial charge < -0.3 is 9.72 Å². The Bertz CT molecular complexity index is 1510. The van der Waals surface area contributed by atoms with E-state index in [0.717, 1.165) is 51.4 Å². The molecule has 5 aliphatic rings. The van der Waals surface area contributed by atoms with Crippen molar-refractivity contribution >= 4 is 22.7 Å². The quantitative estimate of drug-likeness (QED) is 0.360. The maximum absolute atomic E-state index is 14.8. The van der Waals surface area contributed by atoms with Crippen LogP contribution >= 0.6 is 0 Å². The number of benzene rings is 1. The Kier molecular flexibility index (Phi) is 5.47. The average Bonchev–Trinajstić information content (AvgIpc) is 3.29. The van der Waals surface area contributed by atoms with Crippen molar-refractivity contribution in [3.05, 3.63) is 47.2 Å². The van der Waals surface area contributed by atoms with Gasteiger partial charge in [-0.05, 0) is 109 Å². The predicted molar refractivity (Wildman–Crippen MR) is 163 cm³/mol. The van der Waals surface area contributed by atoms with Crippen molar-refractivity contribution < 1.29 is 14.3 Å². The first-order valence-corrected chi connectivity index (χ1v) is 16.1. The second kappa shape index (κ2) is 8.17. The molecule has 3 saturated carbocycles. The summed E-state index contributed by atoms with van der Waals surface area (Å²) < 4.78 is 5.31. The molecule has 1 heterocycles. The standard InChI is InChI=1S/C37H49NO3/c1-32(2)28-13-14-37(7)29(35(28,5)20-23-22-11-9-10-12-26(22)38-30(23)32)27(39)19-24-25-21-34(4,31(40)41-8)16-15-33(25,3)17-18-36(24,37)6/h9-12,19,25,28-29,38H,13-18,20-21H2,1-8H3/t25-,28+,29-,33-,34+,35+,36-,37-/m1/s1. The molecule has 0 saturated heterocycles. The topological polar surface area (TPSA) is 59.2 Å². The Labute approximate surface area is 246 Å². The fourth-order valence-corrected chi connectivity index (χ4v) is 11.9. The summed E-state index contributed by atoms with van der Waals surface area (Å²) in [7, 11) is 1.52. The molecule has 1 N–H and O–H groups in total. The zero-order valence-electron chi connectivity index (χ0n) is 26.5. The van der Waals surface area contributed by atoms with Gasteiger partial charge in [0.25, 0.3) is 0 Å². The fourth-order valence-electron chi connectivity index (χ4n) is 11.9. The molecule has 7 rings (SSSR count). The molecule has 0 spiro atoms. The van der Waals surface area contributed by atoms with E-state index in [4.69, 9.17) is 4.74 Å². The molecule has 1 aromatic carbocycles. The lowest BCUT2D eigenvalue weighted by Gasteiger charge is -2.70. The molecule has 2 aromatic rings. The van der Waals surface area contributed by atoms with E-state index in [1.807, 2.05) is 0 Å². The fraction of sp³-hybridized carbons (Fsp3) is 0.676. The molecule has 220 valence electrons. The number of allylic oxidation sites excluding steroid dienone is 2. The molecule has 0 aliphatic heterocycles. The van der Waals surface area contributed by atoms with Crippen molar-refractivity contribution in [3.63, 3.8) is 0 Å². The molecule has 0 unspecified atom stereocenters. The number of para-hydroxylation sites is 1. The lowest BCUT2D eigenvalue weighted by Crippen LogP contribution is -2.66. The van der Waals surface area contributed by atoms with Gasteiger partial charge in [-0.2, -0.15) is 0 Å². The minimum atomic E-state index is -0.485. The lowest BCUT2D eigenvalue weighted by atomic mass is 9.33. The van der Waals surface area contributed by atoms with Crippen LogP contribution in [0.15, 0.2) is 35.9 Å². The van der Waals surface area contributed by atoms with Crippen LogP contribution < -0.4 is 0 Å². The average molecular weight is 556 g/mol. The first kappa shape index (κ1) is 27.5. The highest BCUT2D eigenvalue weighted by Gasteiger charge is 2.70. The molecular formula is C37H49NO3. The summed E-state index contributed by atoms with van der Waals surface area (Å²) in [6.45, 7) is 16.8. The van der Waals surface area contributed by atoms with E-state index in [2.05, 4.69) is 83.8 Å². The Balaban J connectivity index is 1.37. The number of ether oxygens (including phenoxy) is 1. The Morgan fingerprint density at radius 3 is 2.39 bits per heavy atom. The maximum Gasteiger partial charge on any atom is 0.311 e. The van der Waals surface area contributed by atoms with Crippen LogP contribution in [0, 0.1) is 44.8 Å². The van der Waals surface area contributed by atoms with Gasteiger partial charge in [0.15, 0.2) is 5.78 Å². The number of ketones is 1. The van der Waals surface area contributed by atoms with Crippen molar-refractivity contribution in [2.75, 3.05) is 7.11 Å². The van der Waals surface area contributed by atoms with Crippen LogP contribution in [-0.4, -0.2) is 23.8 Å². The summed E-state index contributed by atoms with van der Waals surface area (Å²) in [6.07, 6.45) is 10.3. The van der Waals surface area contributed by atoms with Gasteiger partial charge in [0.1, 0.15) is 0 Å². The monoisotopic (exact) mass is 555 g/mol. The number of aromatic amines is 1. The second-order valence-electron chi connectivity index (χ2n) is 16.7. The molecule has 8 atom stereocenters. The molecule has 0 bridgehead atoms. The molecule has 41 heavy (non-hydrogen) atoms. The van der Waals surface area contributed by atoms with Gasteiger partial charge in [-0.1, -0.05) is 65.3 Å². The van der Waals surface area contributed by atoms with Gasteiger partial charge in [-0.15, -0.1) is 0 Å². The van der Waals surface area contributed by atoms with Gasteiger partial charge in [0.2, 0.25) is 0 Å². The van der Waals surface area contributed by atoms with Crippen LogP contribution in [-0.2, 0) is 26.2 Å². The first-order valence-electron chi connectivity index (χ1n) is 16.1. The number of esters is 1. The minimum Gasteiger partial charge on any atom is -0.469 e. The normalized spacial score (nSPS) is 44.5. The van der Waals surface area contributed by atoms with Crippen molar-refractivity contribution in [1.82, 2.24) is 4.98 Å². The molecule has 4 nitrogen and oxygen atoms in total. The first-order chi connectivity index (χ1) is 19.1. The van der Waals surface area contributed by atoms with E-state index in [-0.39, 0.29) is 44.9 Å². The number of aromatic nitrogens is 1. The van der Waals surface area contributed by atoms with Crippen LogP contribution in [0.5, 0.6) is 0 Å². The van der Waals surface area contributed by atoms with Crippen LogP contribution in [0.2, 0.25) is 0 Å². The Hall–Kier alpha value is -2.36. The minimum absolute atomic E-state index is 0.0106. The zero-order chi connectivity index (χ0) is 29.4. The third-order valence-electron chi connectivity index (χ3n) is 14.4. The molecule has 3 fully saturated rings. The number of hydrogen-bond donors (Lipinski definition) is 1. The highest BCUT2D eigenvalue weighted by Crippen LogP contribution is 2.75. The van der Waals surface area contributed by atoms with Crippen molar-refractivity contribution in [3.8, 4) is 0 Å². The summed E-state index contributed by atoms with van der Waals surface area (Å²) in [4.78, 5) is 31.6. The summed E-state index contributed by atoms with van der Waals surface area (Å²) in [5, 5.41) is 1.32. The Morgan fingerprint density at radius 1 is 0.951 bits per heavy atom. The summed E-state index contributed by atoms with van der Waals surface area (Å²) in [5.74, 6) is 0.923. The summed E-state index contributed by atoms with van der Waals surface area (Å²) in [6, 6.07) is 8.73. The molecule has 0 amide bonds. The predicted octanol–water partition coefficient (Wildman–Crippen LogP) is 8.34. The molecular weight excluding hydrogens is 506 g/mol. The number of methoxy groups -OCH3 is 1.